The third kappa shape index (κ3) is 27.0. The highest BCUT2D eigenvalue weighted by Gasteiger charge is 2.65. The highest BCUT2D eigenvalue weighted by molar-refractivity contribution is 5.78. The number of carbonyl (C=O) groups is 7. The van der Waals surface area contributed by atoms with Crippen molar-refractivity contribution in [1.29, 1.82) is 0 Å². The van der Waals surface area contributed by atoms with Crippen LogP contribution in [0.1, 0.15) is 54.4 Å². The smallest absolute Gasteiger partial charge is 0.364 e. The van der Waals surface area contributed by atoms with Crippen LogP contribution in [0.4, 0.5) is 0 Å². The summed E-state index contributed by atoms with van der Waals surface area (Å²) in [5.41, 5.74) is 0. The molecule has 854 valence electrons. The first-order valence-electron chi connectivity index (χ1n) is 46.8. The van der Waals surface area contributed by atoms with Crippen LogP contribution in [0.3, 0.4) is 0 Å². The molecule has 0 aromatic rings. The number of ether oxygens (including phenoxy) is 21. The molecule has 11 fully saturated rings. The SMILES string of the molecule is CC(=O)N[C@H]1[C@H](O[C@H]2[C@@H](O)[C@@H](CO)O[C@@H](O[C@H]3[C@H](O)[C@@H](NC(C)=O)[C@H](OC[C@H]4O[C@@H](O[C@H]5[C@H](O)[C@@H](O)C(O)O[C@@H]5CO)[C@H](O)[C@@H](O[C@@H]5O[C@H](CO)[C@@H](O[C@@H]6O[C@H](CO[C@]7(C(=O)O)C[C@H](O)[C@@H](NC(C)=O)[C@H]([C@H](O)[C@H](O)CO)O7)[C@H](O)[C@H](O)[C@H]6O[C@@H]6O[C@@H](C)[C@@H](O)[C@@H](O)[C@@H]6O)[C@H](O)[C@H]5NC(C)=O)[C@H]4O)O[C@@H]3CO)[C@@H]2O)O[C@H](CO)[C@@H](O[C@@H]2O[C@H](CO[C@]3(C(=O)O)C[C@H](O)[C@@H](NC(C)=O)[C@H]([C@H](O)[C@H](O)CO)O3)[C@H](O)[C@H](O)[C@H]2O)[C@@H]1O. The molecule has 5 amide bonds. The topological polar surface area (TPSA) is 1040 Å². The van der Waals surface area contributed by atoms with Crippen molar-refractivity contribution in [3.05, 3.63) is 0 Å². The molecule has 0 bridgehead atoms. The predicted molar refractivity (Wildman–Crippen MR) is 453 cm³/mol. The molecule has 0 radical (unpaired) electrons. The predicted octanol–water partition coefficient (Wildman–Crippen LogP) is -24.8. The summed E-state index contributed by atoms with van der Waals surface area (Å²) in [5.74, 6) is -15.3. The number of carboxylic acid groups (broad SMARTS) is 2. The average Bonchev–Trinajstić information content (AvgIpc) is 0.764. The van der Waals surface area contributed by atoms with Crippen molar-refractivity contribution < 1.29 is 302 Å². The minimum absolute atomic E-state index is 0.845. The van der Waals surface area contributed by atoms with Crippen molar-refractivity contribution in [3.8, 4) is 0 Å². The summed E-state index contributed by atoms with van der Waals surface area (Å²) < 4.78 is 124. The molecular formula is C82H135N5O61. The second kappa shape index (κ2) is 52.4. The van der Waals surface area contributed by atoms with Crippen LogP contribution < -0.4 is 26.6 Å². The molecule has 0 aliphatic carbocycles. The second-order valence-corrected chi connectivity index (χ2v) is 37.4. The number of aliphatic hydroxyl groups is 31. The van der Waals surface area contributed by atoms with E-state index in [1.807, 2.05) is 0 Å². The Morgan fingerprint density at radius 1 is 0.291 bits per heavy atom. The molecule has 66 heteroatoms. The first-order chi connectivity index (χ1) is 69.6. The summed E-state index contributed by atoms with van der Waals surface area (Å²) in [5, 5.41) is 381. The van der Waals surface area contributed by atoms with Gasteiger partial charge in [-0.2, -0.15) is 0 Å². The van der Waals surface area contributed by atoms with Gasteiger partial charge in [-0.3, -0.25) is 24.0 Å². The summed E-state index contributed by atoms with van der Waals surface area (Å²) in [7, 11) is 0. The standard InChI is InChI=1S/C82H135N5O61/c1-19-42(104)52(114)57(119)74(131-19)146-69-54(116)46(108)36(18-130-82(80(126)127)8-26(101)38(84-21(3)96)66(148-82)44(106)28(103)10-89)139-78(69)143-63-33(15-94)136-73(41(51(63)113)87-24(6)99)145-68-48(110)34(137-77(60(68)122)142-64-30(12-91)132-70(123)56(118)55(64)117)16-128-71-39(85-22(4)97)49(111)61(31(13-92)134-71)141-76-59(121)67(47(109)29(11-90)133-76)144-72-40(86-23(5)98)50(112)62(32(14-93)135-72)140-75-58(120)53(115)45(107)35(138-75)17-129-81(79(124)125)7-25(100)37(83-20(2)95)65(147-81)43(105)27(102)9-88/h19,25-78,88-94,100-123H,7-18H2,1-6H3,(H,83,95)(H,84,96)(H,85,97)(H,86,98)(H,87,99)(H,124,125)(H,126,127)/t19-,25-,26-,27+,28+,29+,30+,31+,32+,33+,34+,35+,36+,37+,38+,39+,40+,41+,42+,43+,44+,45-,46-,47-,48-,49+,50+,51+,52+,53-,54-,55+,56+,57-,58+,59+,60+,61+,62+,63+,64+,65+,66+,67-,68-,69+,70?,71+,72-,73-,74-,75-,76-,77-,78-,81+,82+/m0/s1. The Labute approximate surface area is 836 Å². The fraction of sp³-hybridized carbons (Fsp3) is 0.915. The van der Waals surface area contributed by atoms with Gasteiger partial charge < -0.3 is 295 Å². The zero-order valence-corrected chi connectivity index (χ0v) is 79.4. The first-order valence-corrected chi connectivity index (χ1v) is 46.8. The van der Waals surface area contributed by atoms with Gasteiger partial charge in [-0.25, -0.2) is 9.59 Å². The number of carboxylic acids is 2. The molecule has 11 aliphatic rings. The Balaban J connectivity index is 0.822. The highest BCUT2D eigenvalue weighted by atomic mass is 16.8. The minimum atomic E-state index is -3.19. The fourth-order valence-electron chi connectivity index (χ4n) is 19.0. The maximum atomic E-state index is 13.4. The van der Waals surface area contributed by atoms with Crippen LogP contribution >= 0.6 is 0 Å². The molecule has 0 spiro atoms. The lowest BCUT2D eigenvalue weighted by Crippen LogP contribution is -2.70. The van der Waals surface area contributed by atoms with Crippen molar-refractivity contribution in [2.24, 2.45) is 0 Å². The highest BCUT2D eigenvalue weighted by Crippen LogP contribution is 2.44. The Bertz CT molecular complexity index is 4260. The fourth-order valence-corrected chi connectivity index (χ4v) is 19.0. The van der Waals surface area contributed by atoms with Crippen molar-refractivity contribution in [2.75, 3.05) is 66.1 Å². The van der Waals surface area contributed by atoms with E-state index in [1.165, 1.54) is 6.92 Å². The molecule has 11 aliphatic heterocycles. The summed E-state index contributed by atoms with van der Waals surface area (Å²) >= 11 is 0. The van der Waals surface area contributed by atoms with Crippen molar-refractivity contribution in [1.82, 2.24) is 26.6 Å². The maximum absolute atomic E-state index is 13.4. The number of hydrogen-bond donors (Lipinski definition) is 38. The van der Waals surface area contributed by atoms with Crippen LogP contribution in [0.2, 0.25) is 0 Å². The summed E-state index contributed by atoms with van der Waals surface area (Å²) in [4.78, 5) is 90.4. The largest absolute Gasteiger partial charge is 0.477 e. The molecule has 0 saturated carbocycles. The van der Waals surface area contributed by atoms with E-state index in [-0.39, 0.29) is 0 Å². The van der Waals surface area contributed by atoms with Gasteiger partial charge in [0.25, 0.3) is 11.6 Å². The van der Waals surface area contributed by atoms with E-state index < -0.39 is 469 Å². The van der Waals surface area contributed by atoms with E-state index in [2.05, 4.69) is 26.6 Å². The van der Waals surface area contributed by atoms with Crippen LogP contribution in [-0.2, 0) is 133 Å². The lowest BCUT2D eigenvalue weighted by Gasteiger charge is -2.51. The molecular weight excluding hydrogens is 2030 g/mol. The molecule has 0 aromatic carbocycles. The molecule has 11 heterocycles. The van der Waals surface area contributed by atoms with Crippen molar-refractivity contribution in [3.63, 3.8) is 0 Å². The van der Waals surface area contributed by atoms with E-state index in [4.69, 9.17) is 99.5 Å². The lowest BCUT2D eigenvalue weighted by atomic mass is 9.88. The number of aliphatic carboxylic acids is 2. The van der Waals surface area contributed by atoms with Gasteiger partial charge in [0, 0.05) is 47.5 Å². The van der Waals surface area contributed by atoms with Crippen LogP contribution in [-0.4, -0.2) is 625 Å². The van der Waals surface area contributed by atoms with Crippen LogP contribution in [0.25, 0.3) is 0 Å². The van der Waals surface area contributed by atoms with Gasteiger partial charge in [0.2, 0.25) is 29.5 Å². The summed E-state index contributed by atoms with van der Waals surface area (Å²) in [6.07, 6.45) is -113. The number of aliphatic hydroxyl groups excluding tert-OH is 31. The van der Waals surface area contributed by atoms with Crippen LogP contribution in [0, 0.1) is 0 Å². The third-order valence-corrected chi connectivity index (χ3v) is 26.9. The van der Waals surface area contributed by atoms with Gasteiger partial charge in [0.1, 0.15) is 250 Å². The van der Waals surface area contributed by atoms with Gasteiger partial charge in [-0.15, -0.1) is 0 Å². The third-order valence-electron chi connectivity index (χ3n) is 26.9. The maximum Gasteiger partial charge on any atom is 0.364 e. The van der Waals surface area contributed by atoms with Crippen LogP contribution in [0.15, 0.2) is 0 Å². The molecule has 66 nitrogen and oxygen atoms in total. The molecule has 1 unspecified atom stereocenters. The quantitative estimate of drug-likeness (QED) is 0.0270. The summed E-state index contributed by atoms with van der Waals surface area (Å²) in [6.45, 7) is -6.60. The van der Waals surface area contributed by atoms with Gasteiger partial charge in [0.15, 0.2) is 56.6 Å². The number of nitrogens with one attached hydrogen (secondary N) is 5. The zero-order chi connectivity index (χ0) is 110. The van der Waals surface area contributed by atoms with Crippen LogP contribution in [0.5, 0.6) is 0 Å². The number of carbonyl (C=O) groups excluding carboxylic acids is 5. The molecule has 11 saturated heterocycles. The molecule has 38 N–H and O–H groups in total. The van der Waals surface area contributed by atoms with E-state index in [1.54, 1.807) is 0 Å². The average molecular weight is 2170 g/mol. The Hall–Kier alpha value is -5.79. The monoisotopic (exact) mass is 2170 g/mol. The van der Waals surface area contributed by atoms with E-state index >= 15 is 0 Å². The van der Waals surface area contributed by atoms with E-state index in [0.717, 1.165) is 34.6 Å². The second-order valence-electron chi connectivity index (χ2n) is 37.4. The molecule has 57 atom stereocenters. The Kier molecular flexibility index (Phi) is 43.3. The van der Waals surface area contributed by atoms with Gasteiger partial charge >= 0.3 is 11.9 Å². The zero-order valence-electron chi connectivity index (χ0n) is 79.4. The van der Waals surface area contributed by atoms with Gasteiger partial charge in [0.05, 0.1) is 96.5 Å². The number of amides is 5. The molecule has 148 heavy (non-hydrogen) atoms. The Morgan fingerprint density at radius 2 is 0.581 bits per heavy atom. The molecule has 11 rings (SSSR count). The number of hydrogen-bond acceptors (Lipinski definition) is 59. The van der Waals surface area contributed by atoms with E-state index in [9.17, 15) is 202 Å². The van der Waals surface area contributed by atoms with Gasteiger partial charge in [-0.1, -0.05) is 0 Å². The normalized spacial score (nSPS) is 47.0. The van der Waals surface area contributed by atoms with E-state index in [0.29, 0.717) is 0 Å². The summed E-state index contributed by atoms with van der Waals surface area (Å²) in [6, 6.07) is -9.63. The minimum Gasteiger partial charge on any atom is -0.477 e. The Morgan fingerprint density at radius 3 is 0.966 bits per heavy atom. The lowest BCUT2D eigenvalue weighted by molar-refractivity contribution is -0.395. The van der Waals surface area contributed by atoms with Crippen molar-refractivity contribution in [2.45, 2.75) is 403 Å². The number of rotatable bonds is 41. The molecule has 0 aromatic heterocycles. The first kappa shape index (κ1) is 122. The van der Waals surface area contributed by atoms with Crippen molar-refractivity contribution >= 4 is 41.5 Å². The van der Waals surface area contributed by atoms with Gasteiger partial charge in [-0.05, 0) is 6.92 Å².